The predicted octanol–water partition coefficient (Wildman–Crippen LogP) is 1.62. The average molecular weight is 270 g/mol. The standard InChI is InChI=1S/C15H18N4O/c1-2-4-12(5-3-1)9-18-7-6-15-14(10-18)19-13(11-20-15)8-16-17-19/h1-5,8,14-15H,6-7,9-11H2/t14-,15-/m1/s1. The molecule has 0 amide bonds. The molecule has 2 aromatic rings. The van der Waals surface area contributed by atoms with Gasteiger partial charge in [-0.05, 0) is 12.0 Å². The summed E-state index contributed by atoms with van der Waals surface area (Å²) in [7, 11) is 0. The van der Waals surface area contributed by atoms with Crippen molar-refractivity contribution in [2.45, 2.75) is 31.7 Å². The minimum atomic E-state index is 0.288. The van der Waals surface area contributed by atoms with Crippen LogP contribution >= 0.6 is 0 Å². The molecule has 0 spiro atoms. The van der Waals surface area contributed by atoms with Crippen LogP contribution in [0.3, 0.4) is 0 Å². The molecule has 5 nitrogen and oxygen atoms in total. The molecule has 0 aliphatic carbocycles. The molecule has 0 saturated carbocycles. The average Bonchev–Trinajstić information content (AvgIpc) is 2.97. The molecule has 0 radical (unpaired) electrons. The number of likely N-dealkylation sites (tertiary alicyclic amines) is 1. The molecule has 1 fully saturated rings. The summed E-state index contributed by atoms with van der Waals surface area (Å²) >= 11 is 0. The van der Waals surface area contributed by atoms with Crippen LogP contribution in [0.1, 0.15) is 23.7 Å². The van der Waals surface area contributed by atoms with E-state index < -0.39 is 0 Å². The molecular formula is C15H18N4O. The van der Waals surface area contributed by atoms with Crippen molar-refractivity contribution >= 4 is 0 Å². The van der Waals surface area contributed by atoms with Crippen molar-refractivity contribution in [1.82, 2.24) is 19.9 Å². The van der Waals surface area contributed by atoms with Gasteiger partial charge in [0.05, 0.1) is 30.6 Å². The quantitative estimate of drug-likeness (QED) is 0.832. The van der Waals surface area contributed by atoms with Gasteiger partial charge in [-0.15, -0.1) is 5.10 Å². The first-order chi connectivity index (χ1) is 9.90. The summed E-state index contributed by atoms with van der Waals surface area (Å²) in [6.45, 7) is 3.71. The second-order valence-corrected chi connectivity index (χ2v) is 5.60. The molecule has 1 saturated heterocycles. The van der Waals surface area contributed by atoms with E-state index in [1.165, 1.54) is 5.56 Å². The highest BCUT2D eigenvalue weighted by Crippen LogP contribution is 2.30. The van der Waals surface area contributed by atoms with Crippen molar-refractivity contribution in [3.63, 3.8) is 0 Å². The van der Waals surface area contributed by atoms with E-state index in [1.807, 2.05) is 6.20 Å². The summed E-state index contributed by atoms with van der Waals surface area (Å²) in [5.41, 5.74) is 2.45. The van der Waals surface area contributed by atoms with Crippen molar-refractivity contribution < 1.29 is 4.74 Å². The zero-order valence-corrected chi connectivity index (χ0v) is 11.4. The molecule has 2 aliphatic rings. The third kappa shape index (κ3) is 2.13. The number of aromatic nitrogens is 3. The van der Waals surface area contributed by atoms with Crippen LogP contribution in [0.15, 0.2) is 36.5 Å². The molecule has 104 valence electrons. The van der Waals surface area contributed by atoms with E-state index in [1.54, 1.807) is 0 Å². The van der Waals surface area contributed by atoms with Gasteiger partial charge < -0.3 is 4.74 Å². The lowest BCUT2D eigenvalue weighted by molar-refractivity contribution is -0.0669. The smallest absolute Gasteiger partial charge is 0.0930 e. The Kier molecular flexibility index (Phi) is 3.01. The number of hydrogen-bond donors (Lipinski definition) is 0. The van der Waals surface area contributed by atoms with Crippen molar-refractivity contribution in [3.05, 3.63) is 47.8 Å². The van der Waals surface area contributed by atoms with Gasteiger partial charge in [0, 0.05) is 19.6 Å². The normalized spacial score (nSPS) is 26.0. The molecule has 3 heterocycles. The first-order valence-corrected chi connectivity index (χ1v) is 7.17. The van der Waals surface area contributed by atoms with Gasteiger partial charge in [0.15, 0.2) is 0 Å². The fraction of sp³-hybridized carbons (Fsp3) is 0.467. The van der Waals surface area contributed by atoms with E-state index in [0.717, 1.165) is 31.7 Å². The van der Waals surface area contributed by atoms with Crippen LogP contribution in [0.5, 0.6) is 0 Å². The van der Waals surface area contributed by atoms with Crippen LogP contribution in [0.2, 0.25) is 0 Å². The summed E-state index contributed by atoms with van der Waals surface area (Å²) in [4.78, 5) is 2.48. The SMILES string of the molecule is c1ccc(CN2CC[C@H]3OCc4cnnn4[C@@H]3C2)cc1. The Morgan fingerprint density at radius 1 is 1.25 bits per heavy atom. The first kappa shape index (κ1) is 12.1. The van der Waals surface area contributed by atoms with E-state index in [9.17, 15) is 0 Å². The maximum Gasteiger partial charge on any atom is 0.0930 e. The highest BCUT2D eigenvalue weighted by Gasteiger charge is 2.36. The number of fused-ring (bicyclic) bond motifs is 3. The third-order valence-corrected chi connectivity index (χ3v) is 4.26. The second kappa shape index (κ2) is 5.00. The van der Waals surface area contributed by atoms with Crippen LogP contribution in [0, 0.1) is 0 Å². The molecule has 1 aromatic heterocycles. The van der Waals surface area contributed by atoms with Gasteiger partial charge in [-0.2, -0.15) is 0 Å². The molecule has 20 heavy (non-hydrogen) atoms. The molecular weight excluding hydrogens is 252 g/mol. The maximum absolute atomic E-state index is 5.94. The largest absolute Gasteiger partial charge is 0.370 e. The summed E-state index contributed by atoms with van der Waals surface area (Å²) in [6, 6.07) is 10.9. The van der Waals surface area contributed by atoms with Crippen LogP contribution in [-0.4, -0.2) is 39.1 Å². The summed E-state index contributed by atoms with van der Waals surface area (Å²) in [5.74, 6) is 0. The van der Waals surface area contributed by atoms with Gasteiger partial charge in [-0.25, -0.2) is 4.68 Å². The van der Waals surface area contributed by atoms with Crippen LogP contribution in [0.4, 0.5) is 0 Å². The minimum absolute atomic E-state index is 0.288. The Bertz CT molecular complexity index is 583. The minimum Gasteiger partial charge on any atom is -0.370 e. The van der Waals surface area contributed by atoms with Gasteiger partial charge in [-0.1, -0.05) is 35.5 Å². The lowest BCUT2D eigenvalue weighted by Gasteiger charge is -2.41. The zero-order chi connectivity index (χ0) is 13.4. The zero-order valence-electron chi connectivity index (χ0n) is 11.4. The lowest BCUT2D eigenvalue weighted by Crippen LogP contribution is -2.47. The second-order valence-electron chi connectivity index (χ2n) is 5.60. The Labute approximate surface area is 118 Å². The number of benzene rings is 1. The Morgan fingerprint density at radius 3 is 3.05 bits per heavy atom. The fourth-order valence-corrected chi connectivity index (χ4v) is 3.23. The molecule has 2 aliphatic heterocycles. The molecule has 0 unspecified atom stereocenters. The van der Waals surface area contributed by atoms with Crippen molar-refractivity contribution in [2.75, 3.05) is 13.1 Å². The number of ether oxygens (including phenoxy) is 1. The third-order valence-electron chi connectivity index (χ3n) is 4.26. The number of nitrogens with zero attached hydrogens (tertiary/aromatic N) is 4. The molecule has 4 rings (SSSR count). The van der Waals surface area contributed by atoms with Crippen molar-refractivity contribution in [2.24, 2.45) is 0 Å². The summed E-state index contributed by atoms with van der Waals surface area (Å²) in [6.07, 6.45) is 3.17. The summed E-state index contributed by atoms with van der Waals surface area (Å²) < 4.78 is 8.00. The Balaban J connectivity index is 1.51. The topological polar surface area (TPSA) is 43.2 Å². The van der Waals surface area contributed by atoms with E-state index >= 15 is 0 Å². The Hall–Kier alpha value is -1.72. The number of hydrogen-bond acceptors (Lipinski definition) is 4. The molecule has 2 atom stereocenters. The maximum atomic E-state index is 5.94. The Morgan fingerprint density at radius 2 is 2.15 bits per heavy atom. The van der Waals surface area contributed by atoms with Crippen molar-refractivity contribution in [3.8, 4) is 0 Å². The van der Waals surface area contributed by atoms with E-state index in [-0.39, 0.29) is 6.10 Å². The van der Waals surface area contributed by atoms with Crippen LogP contribution in [-0.2, 0) is 17.9 Å². The molecule has 0 bridgehead atoms. The lowest BCUT2D eigenvalue weighted by atomic mass is 10.00. The predicted molar refractivity (Wildman–Crippen MR) is 74.0 cm³/mol. The van der Waals surface area contributed by atoms with E-state index in [2.05, 4.69) is 50.2 Å². The molecule has 0 N–H and O–H groups in total. The van der Waals surface area contributed by atoms with Gasteiger partial charge in [0.2, 0.25) is 0 Å². The van der Waals surface area contributed by atoms with E-state index in [0.29, 0.717) is 12.6 Å². The first-order valence-electron chi connectivity index (χ1n) is 7.17. The van der Waals surface area contributed by atoms with Gasteiger partial charge >= 0.3 is 0 Å². The monoisotopic (exact) mass is 270 g/mol. The van der Waals surface area contributed by atoms with Crippen LogP contribution in [0.25, 0.3) is 0 Å². The molecule has 5 heteroatoms. The van der Waals surface area contributed by atoms with Crippen LogP contribution < -0.4 is 0 Å². The highest BCUT2D eigenvalue weighted by atomic mass is 16.5. The molecule has 1 aromatic carbocycles. The summed E-state index contributed by atoms with van der Waals surface area (Å²) in [5, 5.41) is 8.26. The highest BCUT2D eigenvalue weighted by molar-refractivity contribution is 5.14. The van der Waals surface area contributed by atoms with Gasteiger partial charge in [0.1, 0.15) is 0 Å². The number of rotatable bonds is 2. The number of piperidine rings is 1. The van der Waals surface area contributed by atoms with Crippen molar-refractivity contribution in [1.29, 1.82) is 0 Å². The van der Waals surface area contributed by atoms with Gasteiger partial charge in [-0.3, -0.25) is 4.90 Å². The van der Waals surface area contributed by atoms with E-state index in [4.69, 9.17) is 4.74 Å². The van der Waals surface area contributed by atoms with Gasteiger partial charge in [0.25, 0.3) is 0 Å². The fourth-order valence-electron chi connectivity index (χ4n) is 3.23.